The van der Waals surface area contributed by atoms with Crippen LogP contribution in [0.25, 0.3) is 0 Å². The maximum Gasteiger partial charge on any atom is 0.333 e. The van der Waals surface area contributed by atoms with E-state index in [4.69, 9.17) is 4.74 Å². The molecule has 0 aliphatic carbocycles. The lowest BCUT2D eigenvalue weighted by molar-refractivity contribution is -0.144. The summed E-state index contributed by atoms with van der Waals surface area (Å²) in [5, 5.41) is 0. The minimum absolute atomic E-state index is 0.190. The van der Waals surface area contributed by atoms with Crippen LogP contribution < -0.4 is 4.90 Å². The summed E-state index contributed by atoms with van der Waals surface area (Å²) in [4.78, 5) is 14.3. The normalized spacial score (nSPS) is 11.7. The van der Waals surface area contributed by atoms with Crippen molar-refractivity contribution in [2.24, 2.45) is 0 Å². The Hall–Kier alpha value is -2.55. The van der Waals surface area contributed by atoms with E-state index in [-0.39, 0.29) is 12.1 Å². The molecule has 2 aromatic carbocycles. The van der Waals surface area contributed by atoms with E-state index in [1.54, 1.807) is 6.92 Å². The lowest BCUT2D eigenvalue weighted by atomic mass is 10.1. The molecule has 0 spiro atoms. The molecule has 138 valence electrons. The van der Waals surface area contributed by atoms with Gasteiger partial charge in [0.1, 0.15) is 6.10 Å². The van der Waals surface area contributed by atoms with Crippen LogP contribution in [0.3, 0.4) is 0 Å². The number of rotatable bonds is 8. The number of carbonyl (C=O) groups is 1. The Labute approximate surface area is 157 Å². The summed E-state index contributed by atoms with van der Waals surface area (Å²) in [7, 11) is 0. The fourth-order valence-electron chi connectivity index (χ4n) is 3.02. The Morgan fingerprint density at radius 2 is 1.85 bits per heavy atom. The number of esters is 1. The van der Waals surface area contributed by atoms with Crippen LogP contribution in [-0.4, -0.2) is 18.6 Å². The Kier molecular flexibility index (Phi) is 7.02. The molecule has 0 bridgehead atoms. The van der Waals surface area contributed by atoms with Crippen LogP contribution in [0.4, 0.5) is 11.4 Å². The van der Waals surface area contributed by atoms with Crippen molar-refractivity contribution in [2.45, 2.75) is 46.6 Å². The van der Waals surface area contributed by atoms with Gasteiger partial charge < -0.3 is 9.64 Å². The summed E-state index contributed by atoms with van der Waals surface area (Å²) >= 11 is 0. The summed E-state index contributed by atoms with van der Waals surface area (Å²) in [6.07, 6.45) is 1.57. The molecule has 3 nitrogen and oxygen atoms in total. The number of anilines is 2. The monoisotopic (exact) mass is 351 g/mol. The van der Waals surface area contributed by atoms with E-state index in [0.29, 0.717) is 12.1 Å². The summed E-state index contributed by atoms with van der Waals surface area (Å²) in [6, 6.07) is 16.7. The zero-order valence-corrected chi connectivity index (χ0v) is 16.3. The van der Waals surface area contributed by atoms with Gasteiger partial charge in [0.25, 0.3) is 0 Å². The highest BCUT2D eigenvalue weighted by Gasteiger charge is 2.21. The van der Waals surface area contributed by atoms with Gasteiger partial charge in [0, 0.05) is 16.9 Å². The molecule has 1 atom stereocenters. The van der Waals surface area contributed by atoms with Gasteiger partial charge in [-0.25, -0.2) is 4.79 Å². The third-order valence-electron chi connectivity index (χ3n) is 4.33. The Balaban J connectivity index is 2.36. The van der Waals surface area contributed by atoms with E-state index >= 15 is 0 Å². The second-order valence-electron chi connectivity index (χ2n) is 6.83. The number of nitrogens with zero attached hydrogens (tertiary/aromatic N) is 1. The fraction of sp³-hybridized carbons (Fsp3) is 0.348. The minimum Gasteiger partial charge on any atom is -0.457 e. The second-order valence-corrected chi connectivity index (χ2v) is 6.83. The lowest BCUT2D eigenvalue weighted by Crippen LogP contribution is -2.33. The van der Waals surface area contributed by atoms with E-state index in [1.165, 1.54) is 11.1 Å². The molecule has 0 aliphatic heterocycles. The van der Waals surface area contributed by atoms with Gasteiger partial charge in [-0.1, -0.05) is 55.8 Å². The van der Waals surface area contributed by atoms with Crippen molar-refractivity contribution in [3.63, 3.8) is 0 Å². The van der Waals surface area contributed by atoms with Crippen LogP contribution in [0.2, 0.25) is 0 Å². The molecule has 0 aliphatic rings. The average molecular weight is 351 g/mol. The van der Waals surface area contributed by atoms with Crippen LogP contribution in [0.1, 0.15) is 37.8 Å². The summed E-state index contributed by atoms with van der Waals surface area (Å²) in [5.74, 6) is -0.322. The number of carbonyl (C=O) groups excluding carboxylic acids is 1. The predicted molar refractivity (Wildman–Crippen MR) is 109 cm³/mol. The molecule has 0 saturated heterocycles. The minimum atomic E-state index is -0.322. The van der Waals surface area contributed by atoms with Crippen LogP contribution in [0.15, 0.2) is 60.7 Å². The van der Waals surface area contributed by atoms with Gasteiger partial charge in [0.05, 0.1) is 6.54 Å². The number of hydrogen-bond acceptors (Lipinski definition) is 3. The van der Waals surface area contributed by atoms with Gasteiger partial charge in [-0.05, 0) is 51.0 Å². The SMILES string of the molecule is C=C(C)C(=O)OC(CCC)CN(c1ccccc1)c1ccc(C)cc1C. The molecule has 0 saturated carbocycles. The molecule has 0 radical (unpaired) electrons. The highest BCUT2D eigenvalue weighted by molar-refractivity contribution is 5.87. The first-order valence-corrected chi connectivity index (χ1v) is 9.18. The maximum absolute atomic E-state index is 12.1. The van der Waals surface area contributed by atoms with Gasteiger partial charge >= 0.3 is 5.97 Å². The number of hydrogen-bond donors (Lipinski definition) is 0. The number of benzene rings is 2. The summed E-state index contributed by atoms with van der Waals surface area (Å²) < 4.78 is 5.71. The van der Waals surface area contributed by atoms with Gasteiger partial charge in [0.2, 0.25) is 0 Å². The van der Waals surface area contributed by atoms with Crippen molar-refractivity contribution in [3.8, 4) is 0 Å². The Bertz CT molecular complexity index is 752. The molecule has 1 unspecified atom stereocenters. The van der Waals surface area contributed by atoms with Gasteiger partial charge in [0.15, 0.2) is 0 Å². The van der Waals surface area contributed by atoms with Gasteiger partial charge in [-0.3, -0.25) is 0 Å². The molecule has 0 aromatic heterocycles. The van der Waals surface area contributed by atoms with Crippen LogP contribution in [0.5, 0.6) is 0 Å². The third-order valence-corrected chi connectivity index (χ3v) is 4.33. The van der Waals surface area contributed by atoms with Crippen LogP contribution in [0, 0.1) is 13.8 Å². The molecule has 0 amide bonds. The van der Waals surface area contributed by atoms with Crippen molar-refractivity contribution in [3.05, 3.63) is 71.8 Å². The standard InChI is InChI=1S/C23H29NO2/c1-6-10-21(26-23(25)17(2)3)16-24(20-11-8-7-9-12-20)22-14-13-18(4)15-19(22)5/h7-9,11-15,21H,2,6,10,16H2,1,3-5H3. The molecular weight excluding hydrogens is 322 g/mol. The number of ether oxygens (including phenoxy) is 1. The molecular formula is C23H29NO2. The van der Waals surface area contributed by atoms with Crippen LogP contribution >= 0.6 is 0 Å². The van der Waals surface area contributed by atoms with Crippen molar-refractivity contribution >= 4 is 17.3 Å². The molecule has 26 heavy (non-hydrogen) atoms. The highest BCUT2D eigenvalue weighted by atomic mass is 16.5. The van der Waals surface area contributed by atoms with E-state index in [2.05, 4.69) is 62.6 Å². The van der Waals surface area contributed by atoms with Crippen molar-refractivity contribution in [1.29, 1.82) is 0 Å². The number of aryl methyl sites for hydroxylation is 2. The quantitative estimate of drug-likeness (QED) is 0.449. The second kappa shape index (κ2) is 9.23. The van der Waals surface area contributed by atoms with E-state index in [1.807, 2.05) is 18.2 Å². The zero-order valence-electron chi connectivity index (χ0n) is 16.3. The maximum atomic E-state index is 12.1. The summed E-state index contributed by atoms with van der Waals surface area (Å²) in [6.45, 7) is 12.3. The van der Waals surface area contributed by atoms with Crippen molar-refractivity contribution in [1.82, 2.24) is 0 Å². The highest BCUT2D eigenvalue weighted by Crippen LogP contribution is 2.30. The van der Waals surface area contributed by atoms with E-state index in [0.717, 1.165) is 24.2 Å². The predicted octanol–water partition coefficient (Wildman–Crippen LogP) is 5.73. The largest absolute Gasteiger partial charge is 0.457 e. The smallest absolute Gasteiger partial charge is 0.333 e. The first-order chi connectivity index (χ1) is 12.4. The van der Waals surface area contributed by atoms with Crippen LogP contribution in [-0.2, 0) is 9.53 Å². The molecule has 0 N–H and O–H groups in total. The molecule has 0 heterocycles. The average Bonchev–Trinajstić information content (AvgIpc) is 2.61. The lowest BCUT2D eigenvalue weighted by Gasteiger charge is -2.31. The summed E-state index contributed by atoms with van der Waals surface area (Å²) in [5.41, 5.74) is 5.10. The topological polar surface area (TPSA) is 29.5 Å². The third kappa shape index (κ3) is 5.22. The number of para-hydroxylation sites is 1. The van der Waals surface area contributed by atoms with E-state index in [9.17, 15) is 4.79 Å². The van der Waals surface area contributed by atoms with E-state index < -0.39 is 0 Å². The zero-order chi connectivity index (χ0) is 19.1. The molecule has 2 rings (SSSR count). The first kappa shape index (κ1) is 19.8. The molecule has 0 fully saturated rings. The van der Waals surface area contributed by atoms with Crippen molar-refractivity contribution in [2.75, 3.05) is 11.4 Å². The first-order valence-electron chi connectivity index (χ1n) is 9.18. The molecule has 3 heteroatoms. The fourth-order valence-corrected chi connectivity index (χ4v) is 3.02. The van der Waals surface area contributed by atoms with Gasteiger partial charge in [-0.15, -0.1) is 0 Å². The van der Waals surface area contributed by atoms with Crippen molar-refractivity contribution < 1.29 is 9.53 Å². The Morgan fingerprint density at radius 1 is 1.15 bits per heavy atom. The Morgan fingerprint density at radius 3 is 2.42 bits per heavy atom. The molecule has 2 aromatic rings. The van der Waals surface area contributed by atoms with Gasteiger partial charge in [-0.2, -0.15) is 0 Å².